The highest BCUT2D eigenvalue weighted by molar-refractivity contribution is 9.09. The molecule has 0 bridgehead atoms. The van der Waals surface area contributed by atoms with Crippen LogP contribution in [0, 0.1) is 0 Å². The van der Waals surface area contributed by atoms with Crippen molar-refractivity contribution in [3.8, 4) is 11.5 Å². The SMILES string of the molecule is CN(CCC(Oc1ccc(C(F)(F)F)cc1)c1ccccc1)C(=O)SCCBr.CN(CCC(Oc1ccc(C(F)(F)F)cc1)c1ccccc1)C(=O)SCCO. The molecule has 0 saturated carbocycles. The lowest BCUT2D eigenvalue weighted by Gasteiger charge is -2.23. The van der Waals surface area contributed by atoms with Gasteiger partial charge in [-0.05, 0) is 59.7 Å². The van der Waals surface area contributed by atoms with Gasteiger partial charge in [0.15, 0.2) is 0 Å². The van der Waals surface area contributed by atoms with Crippen LogP contribution in [0.5, 0.6) is 11.5 Å². The molecule has 0 heterocycles. The predicted octanol–water partition coefficient (Wildman–Crippen LogP) is 11.4. The monoisotopic (exact) mass is 888 g/mol. The summed E-state index contributed by atoms with van der Waals surface area (Å²) in [5, 5.41) is 9.37. The van der Waals surface area contributed by atoms with E-state index in [1.54, 1.807) is 19.0 Å². The van der Waals surface area contributed by atoms with Gasteiger partial charge in [0.1, 0.15) is 23.7 Å². The second-order valence-electron chi connectivity index (χ2n) is 12.1. The second kappa shape index (κ2) is 23.4. The summed E-state index contributed by atoms with van der Waals surface area (Å²) in [5.41, 5.74) is 0.315. The largest absolute Gasteiger partial charge is 0.486 e. The summed E-state index contributed by atoms with van der Waals surface area (Å²) < 4.78 is 88.3. The number of nitrogens with zero attached hydrogens (tertiary/aromatic N) is 2. The Morgan fingerprint density at radius 1 is 0.625 bits per heavy atom. The van der Waals surface area contributed by atoms with Gasteiger partial charge in [-0.2, -0.15) is 26.3 Å². The Balaban J connectivity index is 0.000000300. The molecule has 7 nitrogen and oxygen atoms in total. The fraction of sp³-hybridized carbons (Fsp3) is 0.350. The van der Waals surface area contributed by atoms with E-state index >= 15 is 0 Å². The van der Waals surface area contributed by atoms with E-state index in [4.69, 9.17) is 14.6 Å². The number of alkyl halides is 7. The molecule has 4 aromatic carbocycles. The van der Waals surface area contributed by atoms with Gasteiger partial charge in [-0.3, -0.25) is 9.59 Å². The van der Waals surface area contributed by atoms with Crippen molar-refractivity contribution in [3.63, 3.8) is 0 Å². The van der Waals surface area contributed by atoms with Gasteiger partial charge in [0, 0.05) is 56.9 Å². The minimum absolute atomic E-state index is 0.0270. The number of hydrogen-bond acceptors (Lipinski definition) is 7. The van der Waals surface area contributed by atoms with Crippen molar-refractivity contribution in [3.05, 3.63) is 131 Å². The van der Waals surface area contributed by atoms with E-state index in [-0.39, 0.29) is 23.2 Å². The number of rotatable bonds is 16. The highest BCUT2D eigenvalue weighted by Crippen LogP contribution is 2.33. The van der Waals surface area contributed by atoms with E-state index in [1.807, 2.05) is 60.7 Å². The average molecular weight is 890 g/mol. The molecule has 0 aromatic heterocycles. The van der Waals surface area contributed by atoms with E-state index in [0.717, 1.165) is 52.5 Å². The minimum atomic E-state index is -4.40. The number of hydrogen-bond donors (Lipinski definition) is 1. The van der Waals surface area contributed by atoms with Crippen LogP contribution in [-0.4, -0.2) is 76.0 Å². The molecule has 2 atom stereocenters. The third-order valence-corrected chi connectivity index (χ3v) is 10.8. The molecule has 4 aromatic rings. The van der Waals surface area contributed by atoms with Crippen LogP contribution < -0.4 is 9.47 Å². The molecule has 0 aliphatic rings. The maximum absolute atomic E-state index is 12.7. The van der Waals surface area contributed by atoms with Gasteiger partial charge in [0.05, 0.1) is 17.7 Å². The molecular weight excluding hydrogens is 846 g/mol. The van der Waals surface area contributed by atoms with Crippen molar-refractivity contribution >= 4 is 49.9 Å². The van der Waals surface area contributed by atoms with Crippen LogP contribution in [-0.2, 0) is 12.4 Å². The number of carbonyl (C=O) groups excluding carboxylic acids is 2. The number of halogens is 7. The van der Waals surface area contributed by atoms with Crippen molar-refractivity contribution in [1.82, 2.24) is 9.80 Å². The zero-order chi connectivity index (χ0) is 41.1. The number of benzene rings is 4. The third kappa shape index (κ3) is 16.3. The Labute approximate surface area is 339 Å². The van der Waals surface area contributed by atoms with Crippen LogP contribution in [0.1, 0.15) is 47.3 Å². The number of amides is 2. The molecule has 0 aliphatic heterocycles. The molecule has 0 saturated heterocycles. The van der Waals surface area contributed by atoms with E-state index in [1.165, 1.54) is 40.9 Å². The van der Waals surface area contributed by atoms with Crippen LogP contribution in [0.4, 0.5) is 35.9 Å². The fourth-order valence-corrected chi connectivity index (χ4v) is 6.61. The van der Waals surface area contributed by atoms with Gasteiger partial charge in [-0.15, -0.1) is 0 Å². The molecular formula is C40H43BrF6N2O5S2. The lowest BCUT2D eigenvalue weighted by molar-refractivity contribution is -0.138. The van der Waals surface area contributed by atoms with Crippen LogP contribution >= 0.6 is 39.5 Å². The normalized spacial score (nSPS) is 12.5. The van der Waals surface area contributed by atoms with Crippen LogP contribution in [0.2, 0.25) is 0 Å². The predicted molar refractivity (Wildman–Crippen MR) is 214 cm³/mol. The number of thioether (sulfide) groups is 2. The maximum atomic E-state index is 12.7. The number of ether oxygens (including phenoxy) is 2. The van der Waals surface area contributed by atoms with Crippen molar-refractivity contribution in [2.24, 2.45) is 0 Å². The molecule has 4 rings (SSSR count). The van der Waals surface area contributed by atoms with Crippen molar-refractivity contribution in [2.75, 3.05) is 50.6 Å². The van der Waals surface area contributed by atoms with E-state index in [2.05, 4.69) is 15.9 Å². The smallest absolute Gasteiger partial charge is 0.416 e. The zero-order valence-electron chi connectivity index (χ0n) is 30.6. The lowest BCUT2D eigenvalue weighted by Crippen LogP contribution is -2.26. The Bertz CT molecular complexity index is 1610. The molecule has 0 fully saturated rings. The van der Waals surface area contributed by atoms with Gasteiger partial charge in [0.2, 0.25) is 0 Å². The number of aliphatic hydroxyl groups is 1. The lowest BCUT2D eigenvalue weighted by atomic mass is 10.1. The standard InChI is InChI=1S/C20H21BrF3NO2S.C20H22F3NO3S/c1-25(19(26)28-14-12-21)13-11-18(15-5-3-2-4-6-15)27-17-9-7-16(8-10-17)20(22,23)24;1-24(19(26)28-14-13-25)12-11-18(15-5-3-2-4-6-15)27-17-9-7-16(8-10-17)20(21,22)23/h2-10,18H,11-14H2,1H3;2-10,18,25H,11-14H2,1H3. The first-order valence-electron chi connectivity index (χ1n) is 17.3. The van der Waals surface area contributed by atoms with E-state index in [0.29, 0.717) is 48.9 Å². The summed E-state index contributed by atoms with van der Waals surface area (Å²) in [6, 6.07) is 27.9. The molecule has 304 valence electrons. The van der Waals surface area contributed by atoms with Gasteiger partial charge in [-0.25, -0.2) is 0 Å². The summed E-state index contributed by atoms with van der Waals surface area (Å²) in [6.45, 7) is 0.791. The fourth-order valence-electron chi connectivity index (χ4n) is 4.98. The van der Waals surface area contributed by atoms with Gasteiger partial charge in [0.25, 0.3) is 10.5 Å². The number of carbonyl (C=O) groups is 2. The van der Waals surface area contributed by atoms with Crippen molar-refractivity contribution in [2.45, 2.75) is 37.4 Å². The highest BCUT2D eigenvalue weighted by atomic mass is 79.9. The minimum Gasteiger partial charge on any atom is -0.486 e. The van der Waals surface area contributed by atoms with Crippen LogP contribution in [0.3, 0.4) is 0 Å². The summed E-state index contributed by atoms with van der Waals surface area (Å²) in [6.07, 6.45) is -8.60. The maximum Gasteiger partial charge on any atom is 0.416 e. The summed E-state index contributed by atoms with van der Waals surface area (Å²) in [4.78, 5) is 27.2. The Hall–Kier alpha value is -3.86. The Kier molecular flexibility index (Phi) is 19.4. The molecule has 1 N–H and O–H groups in total. The Morgan fingerprint density at radius 3 is 1.30 bits per heavy atom. The summed E-state index contributed by atoms with van der Waals surface area (Å²) in [7, 11) is 3.39. The first-order valence-corrected chi connectivity index (χ1v) is 20.4. The summed E-state index contributed by atoms with van der Waals surface area (Å²) in [5.74, 6) is 1.69. The quantitative estimate of drug-likeness (QED) is 0.0887. The van der Waals surface area contributed by atoms with Gasteiger partial charge < -0.3 is 24.4 Å². The first-order chi connectivity index (χ1) is 26.6. The molecule has 0 aliphatic carbocycles. The number of aliphatic hydroxyl groups excluding tert-OH is 1. The average Bonchev–Trinajstić information content (AvgIpc) is 3.19. The Morgan fingerprint density at radius 2 is 0.982 bits per heavy atom. The molecule has 0 spiro atoms. The van der Waals surface area contributed by atoms with Crippen molar-refractivity contribution < 1.29 is 50.5 Å². The summed E-state index contributed by atoms with van der Waals surface area (Å²) >= 11 is 5.55. The van der Waals surface area contributed by atoms with Gasteiger partial charge in [-0.1, -0.05) is 100 Å². The molecule has 0 radical (unpaired) electrons. The van der Waals surface area contributed by atoms with E-state index in [9.17, 15) is 35.9 Å². The molecule has 56 heavy (non-hydrogen) atoms. The zero-order valence-corrected chi connectivity index (χ0v) is 33.9. The highest BCUT2D eigenvalue weighted by Gasteiger charge is 2.31. The molecule has 2 amide bonds. The third-order valence-electron chi connectivity index (χ3n) is 7.96. The first kappa shape index (κ1) is 46.5. The topological polar surface area (TPSA) is 79.3 Å². The van der Waals surface area contributed by atoms with Crippen molar-refractivity contribution in [1.29, 1.82) is 0 Å². The van der Waals surface area contributed by atoms with Crippen LogP contribution in [0.15, 0.2) is 109 Å². The second-order valence-corrected chi connectivity index (χ2v) is 15.0. The van der Waals surface area contributed by atoms with E-state index < -0.39 is 29.6 Å². The molecule has 16 heteroatoms. The van der Waals surface area contributed by atoms with Crippen LogP contribution in [0.25, 0.3) is 0 Å². The molecule has 2 unspecified atom stereocenters. The van der Waals surface area contributed by atoms with Gasteiger partial charge >= 0.3 is 12.4 Å².